The van der Waals surface area contributed by atoms with Crippen molar-refractivity contribution in [1.29, 1.82) is 0 Å². The quantitative estimate of drug-likeness (QED) is 0.853. The lowest BCUT2D eigenvalue weighted by Gasteiger charge is -2.31. The number of amides is 1. The van der Waals surface area contributed by atoms with Gasteiger partial charge in [0.15, 0.2) is 0 Å². The fraction of sp³-hybridized carbons (Fsp3) is 0.778. The van der Waals surface area contributed by atoms with E-state index in [0.29, 0.717) is 11.8 Å². The maximum atomic E-state index is 12.9. The molecular formula is C18H27N3O3. The van der Waals surface area contributed by atoms with Crippen molar-refractivity contribution in [3.8, 4) is 0 Å². The van der Waals surface area contributed by atoms with E-state index in [4.69, 9.17) is 4.74 Å². The van der Waals surface area contributed by atoms with Crippen LogP contribution in [0.4, 0.5) is 0 Å². The van der Waals surface area contributed by atoms with E-state index in [9.17, 15) is 9.90 Å². The number of aliphatic hydroxyl groups excluding tert-OH is 1. The molecule has 3 aliphatic rings. The summed E-state index contributed by atoms with van der Waals surface area (Å²) in [4.78, 5) is 16.9. The van der Waals surface area contributed by atoms with Gasteiger partial charge < -0.3 is 19.7 Å². The number of hydrogen-bond donors (Lipinski definition) is 2. The van der Waals surface area contributed by atoms with E-state index >= 15 is 0 Å². The second-order valence-corrected chi connectivity index (χ2v) is 7.79. The summed E-state index contributed by atoms with van der Waals surface area (Å²) in [5.74, 6) is 1.01. The molecule has 1 aliphatic heterocycles. The van der Waals surface area contributed by atoms with Gasteiger partial charge in [-0.05, 0) is 50.4 Å². The summed E-state index contributed by atoms with van der Waals surface area (Å²) in [5.41, 5.74) is -0.175. The highest BCUT2D eigenvalue weighted by Gasteiger charge is 2.56. The van der Waals surface area contributed by atoms with Crippen LogP contribution in [-0.2, 0) is 16.1 Å². The summed E-state index contributed by atoms with van der Waals surface area (Å²) in [5, 5.41) is 13.6. The molecule has 4 rings (SSSR count). The van der Waals surface area contributed by atoms with Gasteiger partial charge in [-0.3, -0.25) is 4.79 Å². The highest BCUT2D eigenvalue weighted by Crippen LogP contribution is 2.55. The Bertz CT molecular complexity index is 564. The van der Waals surface area contributed by atoms with Crippen molar-refractivity contribution < 1.29 is 14.6 Å². The molecule has 132 valence electrons. The Morgan fingerprint density at radius 3 is 2.79 bits per heavy atom. The maximum absolute atomic E-state index is 12.9. The fourth-order valence-electron chi connectivity index (χ4n) is 4.63. The van der Waals surface area contributed by atoms with Crippen molar-refractivity contribution in [2.75, 3.05) is 13.2 Å². The van der Waals surface area contributed by atoms with E-state index in [1.807, 2.05) is 17.1 Å². The van der Waals surface area contributed by atoms with Crippen molar-refractivity contribution in [2.24, 2.45) is 17.3 Å². The molecule has 0 bridgehead atoms. The highest BCUT2D eigenvalue weighted by atomic mass is 16.5. The molecular weight excluding hydrogens is 306 g/mol. The van der Waals surface area contributed by atoms with E-state index in [1.165, 1.54) is 0 Å². The van der Waals surface area contributed by atoms with Crippen LogP contribution in [0.3, 0.4) is 0 Å². The summed E-state index contributed by atoms with van der Waals surface area (Å²) in [6.07, 6.45) is 10.6. The second kappa shape index (κ2) is 6.48. The van der Waals surface area contributed by atoms with Gasteiger partial charge in [-0.2, -0.15) is 0 Å². The lowest BCUT2D eigenvalue weighted by molar-refractivity contribution is -0.131. The molecule has 2 saturated carbocycles. The molecule has 0 aromatic carbocycles. The van der Waals surface area contributed by atoms with E-state index in [2.05, 4.69) is 10.3 Å². The van der Waals surface area contributed by atoms with Gasteiger partial charge in [-0.25, -0.2) is 4.98 Å². The number of aromatic nitrogens is 2. The van der Waals surface area contributed by atoms with Crippen LogP contribution in [-0.4, -0.2) is 45.9 Å². The molecule has 1 amide bonds. The van der Waals surface area contributed by atoms with Crippen LogP contribution in [0, 0.1) is 17.3 Å². The molecule has 2 heterocycles. The van der Waals surface area contributed by atoms with Gasteiger partial charge in [0, 0.05) is 32.2 Å². The zero-order valence-corrected chi connectivity index (χ0v) is 14.1. The maximum Gasteiger partial charge on any atom is 0.226 e. The number of nitrogens with zero attached hydrogens (tertiary/aromatic N) is 2. The van der Waals surface area contributed by atoms with Gasteiger partial charge >= 0.3 is 0 Å². The number of ether oxygens (including phenoxy) is 1. The van der Waals surface area contributed by atoms with Gasteiger partial charge in [0.25, 0.3) is 0 Å². The van der Waals surface area contributed by atoms with Crippen LogP contribution >= 0.6 is 0 Å². The van der Waals surface area contributed by atoms with Crippen molar-refractivity contribution in [3.05, 3.63) is 18.7 Å². The van der Waals surface area contributed by atoms with Gasteiger partial charge in [0.2, 0.25) is 5.91 Å². The Morgan fingerprint density at radius 2 is 2.12 bits per heavy atom. The van der Waals surface area contributed by atoms with Crippen LogP contribution in [0.2, 0.25) is 0 Å². The molecule has 1 aromatic heterocycles. The predicted molar refractivity (Wildman–Crippen MR) is 88.1 cm³/mol. The normalized spacial score (nSPS) is 32.6. The molecule has 3 atom stereocenters. The SMILES string of the molecule is O=C(N[C@@H]1CC(Cn2ccnc2)C[C@H]1O)C1(C2CCOCC2)CC1. The Hall–Kier alpha value is -1.40. The Labute approximate surface area is 142 Å². The summed E-state index contributed by atoms with van der Waals surface area (Å²) in [6.45, 7) is 2.41. The van der Waals surface area contributed by atoms with Crippen molar-refractivity contribution in [1.82, 2.24) is 14.9 Å². The van der Waals surface area contributed by atoms with Crippen LogP contribution in [0.15, 0.2) is 18.7 Å². The Kier molecular flexibility index (Phi) is 4.35. The van der Waals surface area contributed by atoms with Crippen LogP contribution in [0.1, 0.15) is 38.5 Å². The van der Waals surface area contributed by atoms with Crippen LogP contribution in [0.5, 0.6) is 0 Å². The number of rotatable bonds is 5. The minimum atomic E-state index is -0.437. The first-order valence-electron chi connectivity index (χ1n) is 9.20. The highest BCUT2D eigenvalue weighted by molar-refractivity contribution is 5.86. The first kappa shape index (κ1) is 16.1. The lowest BCUT2D eigenvalue weighted by Crippen LogP contribution is -2.46. The molecule has 0 spiro atoms. The van der Waals surface area contributed by atoms with Gasteiger partial charge in [0.05, 0.1) is 23.9 Å². The summed E-state index contributed by atoms with van der Waals surface area (Å²) >= 11 is 0. The molecule has 6 heteroatoms. The van der Waals surface area contributed by atoms with Crippen molar-refractivity contribution in [2.45, 2.75) is 57.2 Å². The minimum Gasteiger partial charge on any atom is -0.391 e. The Morgan fingerprint density at radius 1 is 1.33 bits per heavy atom. The molecule has 24 heavy (non-hydrogen) atoms. The van der Waals surface area contributed by atoms with E-state index in [-0.39, 0.29) is 17.4 Å². The van der Waals surface area contributed by atoms with Crippen molar-refractivity contribution >= 4 is 5.91 Å². The van der Waals surface area contributed by atoms with E-state index in [0.717, 1.165) is 58.3 Å². The monoisotopic (exact) mass is 333 g/mol. The first-order valence-corrected chi connectivity index (χ1v) is 9.20. The van der Waals surface area contributed by atoms with Gasteiger partial charge in [-0.1, -0.05) is 0 Å². The molecule has 2 N–H and O–H groups in total. The third kappa shape index (κ3) is 3.09. The first-order chi connectivity index (χ1) is 11.7. The summed E-state index contributed by atoms with van der Waals surface area (Å²) in [6, 6.07) is -0.108. The average molecular weight is 333 g/mol. The zero-order chi connectivity index (χ0) is 16.6. The molecule has 1 unspecified atom stereocenters. The summed E-state index contributed by atoms with van der Waals surface area (Å²) < 4.78 is 7.49. The van der Waals surface area contributed by atoms with Crippen LogP contribution in [0.25, 0.3) is 0 Å². The van der Waals surface area contributed by atoms with Crippen molar-refractivity contribution in [3.63, 3.8) is 0 Å². The number of carbonyl (C=O) groups excluding carboxylic acids is 1. The minimum absolute atomic E-state index is 0.108. The third-order valence-corrected chi connectivity index (χ3v) is 6.21. The molecule has 6 nitrogen and oxygen atoms in total. The molecule has 1 aromatic rings. The number of nitrogens with one attached hydrogen (secondary N) is 1. The van der Waals surface area contributed by atoms with Crippen LogP contribution < -0.4 is 5.32 Å². The molecule has 2 aliphatic carbocycles. The zero-order valence-electron chi connectivity index (χ0n) is 14.1. The topological polar surface area (TPSA) is 76.4 Å². The predicted octanol–water partition coefficient (Wildman–Crippen LogP) is 1.35. The Balaban J connectivity index is 1.34. The van der Waals surface area contributed by atoms with E-state index < -0.39 is 6.10 Å². The van der Waals surface area contributed by atoms with Gasteiger partial charge in [-0.15, -0.1) is 0 Å². The van der Waals surface area contributed by atoms with Gasteiger partial charge in [0.1, 0.15) is 0 Å². The number of hydrogen-bond acceptors (Lipinski definition) is 4. The average Bonchev–Trinajstić information content (AvgIpc) is 3.13. The number of aliphatic hydroxyl groups is 1. The standard InChI is InChI=1S/C18H27N3O3/c22-16-10-13(11-21-6-5-19-12-21)9-15(16)20-17(23)18(3-4-18)14-1-7-24-8-2-14/h5-6,12-16,22H,1-4,7-11H2,(H,20,23)/t13?,15-,16-/m1/s1. The third-order valence-electron chi connectivity index (χ3n) is 6.21. The van der Waals surface area contributed by atoms with E-state index in [1.54, 1.807) is 6.20 Å². The fourth-order valence-corrected chi connectivity index (χ4v) is 4.63. The largest absolute Gasteiger partial charge is 0.391 e. The lowest BCUT2D eigenvalue weighted by atomic mass is 9.82. The molecule has 0 radical (unpaired) electrons. The smallest absolute Gasteiger partial charge is 0.226 e. The summed E-state index contributed by atoms with van der Waals surface area (Å²) in [7, 11) is 0. The number of carbonyl (C=O) groups is 1. The number of imidazole rings is 1. The second-order valence-electron chi connectivity index (χ2n) is 7.79. The molecule has 3 fully saturated rings. The molecule has 1 saturated heterocycles.